The van der Waals surface area contributed by atoms with Crippen LogP contribution in [-0.4, -0.2) is 35.8 Å². The van der Waals surface area contributed by atoms with Crippen LogP contribution in [0.4, 0.5) is 4.79 Å². The lowest BCUT2D eigenvalue weighted by Gasteiger charge is -2.36. The first-order valence-electron chi connectivity index (χ1n) is 6.95. The van der Waals surface area contributed by atoms with Crippen molar-refractivity contribution in [2.75, 3.05) is 19.7 Å². The normalized spacial score (nSPS) is 18.6. The zero-order valence-corrected chi connectivity index (χ0v) is 11.0. The van der Waals surface area contributed by atoms with Crippen molar-refractivity contribution in [3.8, 4) is 5.75 Å². The van der Waals surface area contributed by atoms with E-state index in [2.05, 4.69) is 12.1 Å². The molecule has 0 radical (unpaired) electrons. The van der Waals surface area contributed by atoms with Gasteiger partial charge in [0.1, 0.15) is 5.75 Å². The summed E-state index contributed by atoms with van der Waals surface area (Å²) in [5.41, 5.74) is 2.88. The van der Waals surface area contributed by atoms with E-state index < -0.39 is 6.09 Å². The molecule has 4 heteroatoms. The summed E-state index contributed by atoms with van der Waals surface area (Å²) in [7, 11) is 0. The second kappa shape index (κ2) is 5.11. The first-order valence-corrected chi connectivity index (χ1v) is 6.95. The summed E-state index contributed by atoms with van der Waals surface area (Å²) in [5.74, 6) is 1.27. The van der Waals surface area contributed by atoms with Gasteiger partial charge in [-0.3, -0.25) is 0 Å². The van der Waals surface area contributed by atoms with E-state index in [1.165, 1.54) is 35.3 Å². The minimum absolute atomic E-state index is 0.340. The molecule has 4 nitrogen and oxygen atoms in total. The molecule has 1 aliphatic carbocycles. The number of hydrogen-bond donors (Lipinski definition) is 1. The van der Waals surface area contributed by atoms with E-state index in [9.17, 15) is 4.79 Å². The first kappa shape index (κ1) is 12.3. The summed E-state index contributed by atoms with van der Waals surface area (Å²) in [5, 5.41) is 8.75. The molecule has 0 saturated carbocycles. The van der Waals surface area contributed by atoms with Crippen LogP contribution in [0.3, 0.4) is 0 Å². The third-order valence-electron chi connectivity index (χ3n) is 4.03. The van der Waals surface area contributed by atoms with Gasteiger partial charge in [-0.1, -0.05) is 6.07 Å². The van der Waals surface area contributed by atoms with E-state index in [0.717, 1.165) is 12.2 Å². The van der Waals surface area contributed by atoms with Gasteiger partial charge >= 0.3 is 6.09 Å². The molecular weight excluding hydrogens is 242 g/mol. The number of ether oxygens (including phenoxy) is 1. The number of fused-ring (bicyclic) bond motifs is 1. The van der Waals surface area contributed by atoms with E-state index in [1.54, 1.807) is 0 Å². The standard InChI is InChI=1S/C15H19NO3/c17-15(18)16-8-11(9-16)10-19-14-6-5-12-3-1-2-4-13(12)7-14/h5-7,11H,1-4,8-10H2,(H,17,18). The van der Waals surface area contributed by atoms with Gasteiger partial charge in [-0.05, 0) is 48.9 Å². The molecule has 0 bridgehead atoms. The van der Waals surface area contributed by atoms with Crippen molar-refractivity contribution >= 4 is 6.09 Å². The van der Waals surface area contributed by atoms with Gasteiger partial charge in [0, 0.05) is 19.0 Å². The van der Waals surface area contributed by atoms with Gasteiger partial charge in [-0.25, -0.2) is 4.79 Å². The molecule has 2 aliphatic rings. The Morgan fingerprint density at radius 3 is 2.74 bits per heavy atom. The molecule has 1 aromatic rings. The maximum absolute atomic E-state index is 10.6. The van der Waals surface area contributed by atoms with Crippen molar-refractivity contribution in [3.05, 3.63) is 29.3 Å². The zero-order chi connectivity index (χ0) is 13.2. The van der Waals surface area contributed by atoms with Crippen molar-refractivity contribution in [2.24, 2.45) is 5.92 Å². The number of likely N-dealkylation sites (tertiary alicyclic amines) is 1. The van der Waals surface area contributed by atoms with Crippen LogP contribution in [0.15, 0.2) is 18.2 Å². The largest absolute Gasteiger partial charge is 0.493 e. The van der Waals surface area contributed by atoms with Gasteiger partial charge in [-0.15, -0.1) is 0 Å². The molecule has 0 aromatic heterocycles. The number of amides is 1. The van der Waals surface area contributed by atoms with Crippen LogP contribution in [0.25, 0.3) is 0 Å². The fraction of sp³-hybridized carbons (Fsp3) is 0.533. The highest BCUT2D eigenvalue weighted by Gasteiger charge is 2.30. The van der Waals surface area contributed by atoms with Gasteiger partial charge in [0.05, 0.1) is 6.61 Å². The highest BCUT2D eigenvalue weighted by atomic mass is 16.5. The second-order valence-electron chi connectivity index (χ2n) is 5.50. The Hall–Kier alpha value is -1.71. The van der Waals surface area contributed by atoms with Crippen LogP contribution < -0.4 is 4.74 Å². The van der Waals surface area contributed by atoms with Crippen LogP contribution >= 0.6 is 0 Å². The average Bonchev–Trinajstić information content (AvgIpc) is 2.36. The molecule has 0 unspecified atom stereocenters. The lowest BCUT2D eigenvalue weighted by Crippen LogP contribution is -2.51. The van der Waals surface area contributed by atoms with E-state index in [1.807, 2.05) is 6.07 Å². The van der Waals surface area contributed by atoms with Gasteiger partial charge < -0.3 is 14.7 Å². The molecule has 1 aliphatic heterocycles. The predicted octanol–water partition coefficient (Wildman–Crippen LogP) is 2.55. The van der Waals surface area contributed by atoms with Crippen LogP contribution in [0.2, 0.25) is 0 Å². The smallest absolute Gasteiger partial charge is 0.407 e. The number of aryl methyl sites for hydroxylation is 2. The molecule has 1 N–H and O–H groups in total. The molecule has 1 amide bonds. The minimum atomic E-state index is -0.829. The molecule has 102 valence electrons. The van der Waals surface area contributed by atoms with Crippen molar-refractivity contribution in [3.63, 3.8) is 0 Å². The lowest BCUT2D eigenvalue weighted by atomic mass is 9.92. The van der Waals surface area contributed by atoms with Crippen LogP contribution in [0.1, 0.15) is 24.0 Å². The average molecular weight is 261 g/mol. The SMILES string of the molecule is O=C(O)N1CC(COc2ccc3c(c2)CCCC3)C1. The Kier molecular flexibility index (Phi) is 3.32. The maximum Gasteiger partial charge on any atom is 0.407 e. The molecule has 1 aromatic carbocycles. The van der Waals surface area contributed by atoms with Crippen molar-refractivity contribution in [2.45, 2.75) is 25.7 Å². The number of benzene rings is 1. The number of rotatable bonds is 3. The Morgan fingerprint density at radius 2 is 2.00 bits per heavy atom. The molecule has 1 fully saturated rings. The summed E-state index contributed by atoms with van der Waals surface area (Å²) in [6, 6.07) is 6.37. The lowest BCUT2D eigenvalue weighted by molar-refractivity contribution is 0.0585. The fourth-order valence-corrected chi connectivity index (χ4v) is 2.85. The van der Waals surface area contributed by atoms with Crippen molar-refractivity contribution in [1.29, 1.82) is 0 Å². The van der Waals surface area contributed by atoms with Crippen molar-refractivity contribution < 1.29 is 14.6 Å². The maximum atomic E-state index is 10.6. The van der Waals surface area contributed by atoms with Crippen molar-refractivity contribution in [1.82, 2.24) is 4.90 Å². The molecule has 19 heavy (non-hydrogen) atoms. The molecular formula is C15H19NO3. The molecule has 1 saturated heterocycles. The Labute approximate surface area is 113 Å². The van der Waals surface area contributed by atoms with Gasteiger partial charge in [0.25, 0.3) is 0 Å². The predicted molar refractivity (Wildman–Crippen MR) is 71.7 cm³/mol. The van der Waals surface area contributed by atoms with Gasteiger partial charge in [-0.2, -0.15) is 0 Å². The third-order valence-corrected chi connectivity index (χ3v) is 4.03. The second-order valence-corrected chi connectivity index (χ2v) is 5.50. The van der Waals surface area contributed by atoms with E-state index in [4.69, 9.17) is 9.84 Å². The topological polar surface area (TPSA) is 49.8 Å². The molecule has 0 spiro atoms. The Balaban J connectivity index is 1.52. The Bertz CT molecular complexity index is 480. The van der Waals surface area contributed by atoms with E-state index >= 15 is 0 Å². The van der Waals surface area contributed by atoms with Crippen LogP contribution in [-0.2, 0) is 12.8 Å². The third kappa shape index (κ3) is 2.67. The quantitative estimate of drug-likeness (QED) is 0.909. The molecule has 1 heterocycles. The summed E-state index contributed by atoms with van der Waals surface area (Å²) < 4.78 is 5.78. The highest BCUT2D eigenvalue weighted by molar-refractivity contribution is 5.66. The monoisotopic (exact) mass is 261 g/mol. The van der Waals surface area contributed by atoms with E-state index in [-0.39, 0.29) is 0 Å². The minimum Gasteiger partial charge on any atom is -0.493 e. The van der Waals surface area contributed by atoms with Crippen LogP contribution in [0.5, 0.6) is 5.75 Å². The first-order chi connectivity index (χ1) is 9.22. The summed E-state index contributed by atoms with van der Waals surface area (Å²) >= 11 is 0. The number of carbonyl (C=O) groups is 1. The highest BCUT2D eigenvalue weighted by Crippen LogP contribution is 2.26. The Morgan fingerprint density at radius 1 is 1.26 bits per heavy atom. The van der Waals surface area contributed by atoms with Gasteiger partial charge in [0.15, 0.2) is 0 Å². The number of carboxylic acid groups (broad SMARTS) is 1. The summed E-state index contributed by atoms with van der Waals surface area (Å²) in [4.78, 5) is 12.1. The number of hydrogen-bond acceptors (Lipinski definition) is 2. The zero-order valence-electron chi connectivity index (χ0n) is 11.0. The fourth-order valence-electron chi connectivity index (χ4n) is 2.85. The molecule has 0 atom stereocenters. The summed E-state index contributed by atoms with van der Waals surface area (Å²) in [6.45, 7) is 1.81. The number of nitrogens with zero attached hydrogens (tertiary/aromatic N) is 1. The molecule has 3 rings (SSSR count). The van der Waals surface area contributed by atoms with Gasteiger partial charge in [0.2, 0.25) is 0 Å². The van der Waals surface area contributed by atoms with Crippen LogP contribution in [0, 0.1) is 5.92 Å². The van der Waals surface area contributed by atoms with E-state index in [0.29, 0.717) is 25.6 Å². The summed E-state index contributed by atoms with van der Waals surface area (Å²) in [6.07, 6.45) is 4.08.